The lowest BCUT2D eigenvalue weighted by atomic mass is 9.95. The summed E-state index contributed by atoms with van der Waals surface area (Å²) in [6, 6.07) is -7.42. The third-order valence-corrected chi connectivity index (χ3v) is 24.3. The number of H-pyrrole nitrogens is 1. The third kappa shape index (κ3) is 34.1. The van der Waals surface area contributed by atoms with Gasteiger partial charge < -0.3 is 137 Å². The van der Waals surface area contributed by atoms with Gasteiger partial charge in [-0.05, 0) is 118 Å². The molecule has 3 fully saturated rings. The maximum atomic E-state index is 15.4. The molecule has 3 aliphatic rings. The molecule has 48 heteroatoms. The Morgan fingerprint density at radius 1 is 0.440 bits per heavy atom. The zero-order chi connectivity index (χ0) is 105. The number of aromatic hydroxyl groups is 1. The molecule has 1 aromatic heterocycles. The Morgan fingerprint density at radius 2 is 0.816 bits per heavy atom. The molecule has 0 aliphatic carbocycles. The zero-order valence-electron chi connectivity index (χ0n) is 80.6. The summed E-state index contributed by atoms with van der Waals surface area (Å²) < 4.78 is 0. The zero-order valence-corrected chi connectivity index (χ0v) is 80.6. The van der Waals surface area contributed by atoms with E-state index in [-0.39, 0.29) is 95.3 Å². The first-order valence-electron chi connectivity index (χ1n) is 46.8. The number of guanidine groups is 1. The molecule has 3 saturated heterocycles. The second-order valence-electron chi connectivity index (χ2n) is 36.5. The van der Waals surface area contributed by atoms with E-state index in [1.54, 1.807) is 95.3 Å². The molecular formula is C93H134N24O24. The molecule has 3 aliphatic heterocycles. The van der Waals surface area contributed by atoms with Crippen LogP contribution in [0.25, 0.3) is 0 Å². The summed E-state index contributed by atoms with van der Waals surface area (Å²) in [6.45, 7) is 15.2. The topological polar surface area (TPSA) is 752 Å². The number of benzene rings is 3. The summed E-state index contributed by atoms with van der Waals surface area (Å²) in [4.78, 5) is 299. The number of aliphatic hydroxyl groups is 2. The molecule has 0 unspecified atom stereocenters. The van der Waals surface area contributed by atoms with Crippen LogP contribution in [0.2, 0.25) is 0 Å². The van der Waals surface area contributed by atoms with E-state index < -0.39 is 288 Å². The minimum absolute atomic E-state index is 0.0420. The quantitative estimate of drug-likeness (QED) is 0.0127. The molecule has 4 heterocycles. The van der Waals surface area contributed by atoms with Crippen LogP contribution in [-0.2, 0) is 122 Å². The van der Waals surface area contributed by atoms with Crippen LogP contribution in [0.5, 0.6) is 5.75 Å². The van der Waals surface area contributed by atoms with Gasteiger partial charge in [0.2, 0.25) is 106 Å². The average molecular weight is 1970 g/mol. The van der Waals surface area contributed by atoms with Crippen LogP contribution in [0.3, 0.4) is 0 Å². The van der Waals surface area contributed by atoms with Gasteiger partial charge in [0.05, 0.1) is 25.0 Å². The van der Waals surface area contributed by atoms with Crippen LogP contribution in [0, 0.1) is 29.1 Å². The number of carbonyl (C=O) groups is 20. The normalized spacial score (nSPS) is 26.1. The number of primary amides is 2. The van der Waals surface area contributed by atoms with Crippen molar-refractivity contribution < 1.29 is 116 Å². The van der Waals surface area contributed by atoms with Gasteiger partial charge in [-0.1, -0.05) is 135 Å². The van der Waals surface area contributed by atoms with Crippen LogP contribution in [0.4, 0.5) is 0 Å². The maximum absolute atomic E-state index is 15.4. The number of amides is 19. The summed E-state index contributed by atoms with van der Waals surface area (Å²) in [7, 11) is 0. The van der Waals surface area contributed by atoms with Crippen LogP contribution in [0.1, 0.15) is 163 Å². The van der Waals surface area contributed by atoms with Gasteiger partial charge in [-0.15, -0.1) is 0 Å². The number of nitrogens with two attached hydrogens (primary N) is 3. The van der Waals surface area contributed by atoms with Crippen LogP contribution in [-0.4, -0.2) is 299 Å². The second-order valence-corrected chi connectivity index (χ2v) is 36.5. The molecule has 3 aromatic carbocycles. The van der Waals surface area contributed by atoms with E-state index in [9.17, 15) is 97.1 Å². The van der Waals surface area contributed by atoms with Crippen molar-refractivity contribution in [1.82, 2.24) is 105 Å². The van der Waals surface area contributed by atoms with Crippen molar-refractivity contribution in [2.24, 2.45) is 40.9 Å². The molecule has 0 bridgehead atoms. The number of imidazole rings is 1. The van der Waals surface area contributed by atoms with Crippen LogP contribution in [0.15, 0.2) is 97.5 Å². The van der Waals surface area contributed by atoms with Crippen molar-refractivity contribution in [3.05, 3.63) is 120 Å². The summed E-state index contributed by atoms with van der Waals surface area (Å²) in [6.07, 6.45) is -5.04. The first-order chi connectivity index (χ1) is 66.6. The number of phenolic OH excluding ortho intramolecular Hbond substituents is 1. The van der Waals surface area contributed by atoms with E-state index in [2.05, 4.69) is 95.0 Å². The molecule has 141 heavy (non-hydrogen) atoms. The van der Waals surface area contributed by atoms with E-state index in [4.69, 9.17) is 22.6 Å². The van der Waals surface area contributed by atoms with Crippen molar-refractivity contribution in [2.75, 3.05) is 19.6 Å². The van der Waals surface area contributed by atoms with Gasteiger partial charge in [0.15, 0.2) is 12.0 Å². The predicted octanol–water partition coefficient (Wildman–Crippen LogP) is -6.06. The Hall–Kier alpha value is -14.7. The van der Waals surface area contributed by atoms with Crippen LogP contribution < -0.4 is 102 Å². The molecule has 20 atom stereocenters. The number of aromatic amines is 1. The average Bonchev–Trinajstić information content (AvgIpc) is 1.74. The standard InChI is InChI=1S/C93H134N24O24/c1-12-48(8)71-89(138)111-70(47(6)7)88(137)113-72(50(10)118)90(139)101-49(9)76(125)102-57(26-19-35-99-93(96)97)77(126)114-73(51(11)119)91(140)116-36-20-27-64(116)84(133)103-58(33-34-67(122)123)78(127)115-74(75(95)124)92(141)117-37-21-28-65(117)85(134)109-69(46(4)5)87(136)110-68(45(2)3)86(135)108-62(41-55-43-98-44-100-55)82(131)106-60(39-53-24-17-14-18-25-53)80(129)104-59(38-52-22-15-13-16-23-52)79(128)105-61(40-54-29-31-56(120)32-30-54)81(130)107-63(42-66(94)121)83(132)112-71/h13-18,22-25,29-32,43-51,57-65,68-74,118-120H,12,19-21,26-28,33-42H2,1-11H3,(H2,94,121)(H2,95,124)(H,98,100)(H,101,139)(H,102,125)(H,103,133)(H,104,129)(H,105,128)(H,106,131)(H,107,130)(H,108,135)(H,109,134)(H,110,136)(H,111,138)(H,112,132)(H,113,137)(H,114,126)(H,115,127)(H,122,123)(H4,96,97,99)/t48-,49-,50+,51+,57-,58-,59-,60-,61-,62-,63-,64-,65-,68-,69-,70-,71-,72-,73-,74-/m0/s1. The van der Waals surface area contributed by atoms with Gasteiger partial charge in [-0.3, -0.25) is 101 Å². The Balaban J connectivity index is 1.29. The number of aromatic nitrogens is 2. The van der Waals surface area contributed by atoms with Crippen molar-refractivity contribution in [3.63, 3.8) is 0 Å². The maximum Gasteiger partial charge on any atom is 0.303 e. The lowest BCUT2D eigenvalue weighted by molar-refractivity contribution is -0.146. The SMILES string of the molecule is CC[C@H](C)[C@@H]1NC(=O)[C@H](CC(N)=O)NC(=O)[C@H](Cc2ccc(O)cc2)NC(=O)[C@H](Cc2ccccc2)NC(=O)[C@H](Cc2ccccc2)NC(=O)[C@H](Cc2cnc[nH]2)NC(=O)[C@H](C(C)C)NC(=O)[C@H](C(C)C)NC(=O)[C@@H]2CCCN2C(=O)[C@H](C(N)=O)NC(=O)[C@H](CCC(=O)O)NC(=O)[C@@H]2CCCN2C(=O)[C@H]([C@@H](C)O)NC(=O)[C@H](CCCNC(=N)N)NC(=O)[C@H](C)NC(=O)[C@H]([C@@H](C)O)NC(=O)[C@H](C(C)C)NC1=O. The fourth-order valence-electron chi connectivity index (χ4n) is 16.1. The number of carbonyl (C=O) groups excluding carboxylic acids is 19. The first-order valence-corrected chi connectivity index (χ1v) is 46.8. The summed E-state index contributed by atoms with van der Waals surface area (Å²) in [5.41, 5.74) is 18.6. The fourth-order valence-corrected chi connectivity index (χ4v) is 16.1. The van der Waals surface area contributed by atoms with Gasteiger partial charge >= 0.3 is 5.97 Å². The van der Waals surface area contributed by atoms with E-state index >= 15 is 19.2 Å². The number of aliphatic hydroxyl groups excluding tert-OH is 2. The van der Waals surface area contributed by atoms with Gasteiger partial charge in [-0.2, -0.15) is 0 Å². The molecule has 7 rings (SSSR count). The molecule has 48 nitrogen and oxygen atoms in total. The second kappa shape index (κ2) is 54.0. The van der Waals surface area contributed by atoms with Crippen molar-refractivity contribution in [2.45, 2.75) is 281 Å². The summed E-state index contributed by atoms with van der Waals surface area (Å²) in [5, 5.41) is 90.8. The predicted molar refractivity (Wildman–Crippen MR) is 505 cm³/mol. The number of carboxylic acid groups (broad SMARTS) is 1. The third-order valence-electron chi connectivity index (χ3n) is 24.3. The fraction of sp³-hybridized carbons (Fsp3) is 0.548. The van der Waals surface area contributed by atoms with Crippen LogP contribution >= 0.6 is 0 Å². The number of hydrogen-bond donors (Lipinski definition) is 25. The largest absolute Gasteiger partial charge is 0.508 e. The molecule has 0 radical (unpaired) electrons. The number of carboxylic acids is 1. The van der Waals surface area contributed by atoms with E-state index in [1.165, 1.54) is 57.6 Å². The Labute approximate surface area is 814 Å². The minimum Gasteiger partial charge on any atom is -0.508 e. The summed E-state index contributed by atoms with van der Waals surface area (Å²) in [5.74, 6) is -26.7. The van der Waals surface area contributed by atoms with Gasteiger partial charge in [0, 0.05) is 63.6 Å². The minimum atomic E-state index is -2.32. The van der Waals surface area contributed by atoms with Gasteiger partial charge in [0.1, 0.15) is 102 Å². The Morgan fingerprint density at radius 3 is 1.26 bits per heavy atom. The van der Waals surface area contributed by atoms with Crippen molar-refractivity contribution >= 4 is 124 Å². The van der Waals surface area contributed by atoms with Crippen molar-refractivity contribution in [3.8, 4) is 5.75 Å². The highest BCUT2D eigenvalue weighted by Gasteiger charge is 2.47. The van der Waals surface area contributed by atoms with Crippen molar-refractivity contribution in [1.29, 1.82) is 5.41 Å². The number of phenols is 1. The number of nitrogens with zero attached hydrogens (tertiary/aromatic N) is 3. The molecular weight excluding hydrogens is 1840 g/mol. The number of hydrogen-bond acceptors (Lipinski definition) is 25. The molecule has 19 amide bonds. The highest BCUT2D eigenvalue weighted by Crippen LogP contribution is 2.25. The number of rotatable bonds is 25. The van der Waals surface area contributed by atoms with Gasteiger partial charge in [0.25, 0.3) is 5.91 Å². The molecule has 4 aromatic rings. The monoisotopic (exact) mass is 1970 g/mol. The highest BCUT2D eigenvalue weighted by atomic mass is 16.4. The molecule has 28 N–H and O–H groups in total. The number of aliphatic carboxylic acids is 1. The molecule has 0 spiro atoms. The molecule has 770 valence electrons. The molecule has 0 saturated carbocycles. The lowest BCUT2D eigenvalue weighted by Crippen LogP contribution is -2.63. The van der Waals surface area contributed by atoms with Gasteiger partial charge in [-0.25, -0.2) is 4.98 Å². The Kier molecular flexibility index (Phi) is 43.4. The smallest absolute Gasteiger partial charge is 0.303 e. The van der Waals surface area contributed by atoms with E-state index in [1.807, 2.05) is 0 Å². The first kappa shape index (κ1) is 113. The number of nitrogens with one attached hydrogen (secondary N) is 18. The van der Waals surface area contributed by atoms with E-state index in [0.29, 0.717) is 16.7 Å². The lowest BCUT2D eigenvalue weighted by Gasteiger charge is -2.32. The van der Waals surface area contributed by atoms with E-state index in [0.717, 1.165) is 30.6 Å². The highest BCUT2D eigenvalue weighted by molar-refractivity contribution is 6.09. The summed E-state index contributed by atoms with van der Waals surface area (Å²) >= 11 is 0. The Bertz CT molecular complexity index is 5090. The number of fused-ring (bicyclic) bond motifs is 2.